The Labute approximate surface area is 156 Å². The van der Waals surface area contributed by atoms with Crippen LogP contribution in [0.15, 0.2) is 64.6 Å². The van der Waals surface area contributed by atoms with Crippen molar-refractivity contribution in [2.45, 2.75) is 36.0 Å². The molecular weight excluding hydrogens is 346 g/mol. The number of nitrogens with one attached hydrogen (secondary N) is 3. The van der Waals surface area contributed by atoms with Gasteiger partial charge in [-0.15, -0.1) is 0 Å². The summed E-state index contributed by atoms with van der Waals surface area (Å²) in [4.78, 5) is 18.4. The smallest absolute Gasteiger partial charge is 0.308 e. The fourth-order valence-corrected chi connectivity index (χ4v) is 3.09. The highest BCUT2D eigenvalue weighted by Gasteiger charge is 2.17. The molecule has 0 saturated heterocycles. The highest BCUT2D eigenvalue weighted by atomic mass is 32.2. The Morgan fingerprint density at radius 3 is 2.50 bits per heavy atom. The normalized spacial score (nSPS) is 11.2. The number of H-pyrrole nitrogens is 1. The van der Waals surface area contributed by atoms with Gasteiger partial charge in [0.2, 0.25) is 0 Å². The quantitative estimate of drug-likeness (QED) is 0.613. The standard InChI is InChI=1S/C19H21N5OS/c1-19(2,3)16-12-17(24-23-16)22-18(25)21-13-5-4-6-15(11-13)26-14-7-9-20-10-8-14/h4-12H,1-3H3,(H3,21,22,23,24,25). The number of rotatable bonds is 4. The van der Waals surface area contributed by atoms with Gasteiger partial charge in [-0.1, -0.05) is 38.6 Å². The summed E-state index contributed by atoms with van der Waals surface area (Å²) >= 11 is 1.61. The van der Waals surface area contributed by atoms with E-state index >= 15 is 0 Å². The molecular formula is C19H21N5OS. The fourth-order valence-electron chi connectivity index (χ4n) is 2.23. The molecule has 0 saturated carbocycles. The van der Waals surface area contributed by atoms with Crippen LogP contribution in [0.3, 0.4) is 0 Å². The van der Waals surface area contributed by atoms with Gasteiger partial charge in [0.05, 0.1) is 0 Å². The summed E-state index contributed by atoms with van der Waals surface area (Å²) in [6.45, 7) is 6.24. The molecule has 0 atom stereocenters. The first-order valence-corrected chi connectivity index (χ1v) is 9.04. The molecule has 0 aliphatic rings. The summed E-state index contributed by atoms with van der Waals surface area (Å²) in [5, 5.41) is 12.7. The predicted molar refractivity (Wildman–Crippen MR) is 105 cm³/mol. The summed E-state index contributed by atoms with van der Waals surface area (Å²) in [6, 6.07) is 13.1. The number of benzene rings is 1. The number of anilines is 2. The first kappa shape index (κ1) is 18.0. The van der Waals surface area contributed by atoms with Gasteiger partial charge in [-0.2, -0.15) is 5.10 Å². The molecule has 3 aromatic rings. The van der Waals surface area contributed by atoms with Crippen LogP contribution >= 0.6 is 11.8 Å². The van der Waals surface area contributed by atoms with Crippen molar-refractivity contribution in [3.63, 3.8) is 0 Å². The van der Waals surface area contributed by atoms with E-state index in [0.717, 1.165) is 15.5 Å². The second kappa shape index (κ2) is 7.61. The number of carbonyl (C=O) groups is 1. The molecule has 26 heavy (non-hydrogen) atoms. The number of amides is 2. The topological polar surface area (TPSA) is 82.7 Å². The first-order valence-electron chi connectivity index (χ1n) is 8.22. The third-order valence-electron chi connectivity index (χ3n) is 3.60. The molecule has 0 aliphatic carbocycles. The van der Waals surface area contributed by atoms with Gasteiger partial charge in [0.25, 0.3) is 0 Å². The average molecular weight is 367 g/mol. The van der Waals surface area contributed by atoms with Gasteiger partial charge < -0.3 is 5.32 Å². The van der Waals surface area contributed by atoms with Gasteiger partial charge in [-0.05, 0) is 30.3 Å². The maximum absolute atomic E-state index is 12.2. The predicted octanol–water partition coefficient (Wildman–Crippen LogP) is 4.90. The van der Waals surface area contributed by atoms with Crippen LogP contribution in [0.5, 0.6) is 0 Å². The van der Waals surface area contributed by atoms with Crippen molar-refractivity contribution in [1.29, 1.82) is 0 Å². The van der Waals surface area contributed by atoms with Crippen LogP contribution in [0.4, 0.5) is 16.3 Å². The Hall–Kier alpha value is -2.80. The highest BCUT2D eigenvalue weighted by molar-refractivity contribution is 7.99. The molecule has 0 bridgehead atoms. The van der Waals surface area contributed by atoms with Gasteiger partial charge in [0.15, 0.2) is 5.82 Å². The summed E-state index contributed by atoms with van der Waals surface area (Å²) in [5.74, 6) is 0.495. The zero-order valence-corrected chi connectivity index (χ0v) is 15.7. The molecule has 2 heterocycles. The molecule has 0 radical (unpaired) electrons. The largest absolute Gasteiger partial charge is 0.324 e. The molecule has 0 unspecified atom stereocenters. The summed E-state index contributed by atoms with van der Waals surface area (Å²) in [7, 11) is 0. The summed E-state index contributed by atoms with van der Waals surface area (Å²) in [6.07, 6.45) is 3.52. The van der Waals surface area contributed by atoms with Crippen molar-refractivity contribution in [2.75, 3.05) is 10.6 Å². The van der Waals surface area contributed by atoms with Crippen LogP contribution in [0.2, 0.25) is 0 Å². The van der Waals surface area contributed by atoms with E-state index in [2.05, 4.69) is 46.6 Å². The van der Waals surface area contributed by atoms with Crippen LogP contribution in [-0.2, 0) is 5.41 Å². The average Bonchev–Trinajstić information content (AvgIpc) is 3.05. The number of aromatic nitrogens is 3. The van der Waals surface area contributed by atoms with E-state index in [-0.39, 0.29) is 11.4 Å². The van der Waals surface area contributed by atoms with Gasteiger partial charge in [-0.25, -0.2) is 4.79 Å². The lowest BCUT2D eigenvalue weighted by Crippen LogP contribution is -2.19. The SMILES string of the molecule is CC(C)(C)c1cc(NC(=O)Nc2cccc(Sc3ccncc3)c2)n[nH]1. The van der Waals surface area contributed by atoms with Crippen molar-refractivity contribution >= 4 is 29.3 Å². The number of hydrogen-bond acceptors (Lipinski definition) is 4. The molecule has 6 nitrogen and oxygen atoms in total. The Bertz CT molecular complexity index is 886. The molecule has 134 valence electrons. The third kappa shape index (κ3) is 4.86. The van der Waals surface area contributed by atoms with Crippen LogP contribution < -0.4 is 10.6 Å². The minimum atomic E-state index is -0.331. The minimum Gasteiger partial charge on any atom is -0.308 e. The molecule has 0 aliphatic heterocycles. The molecule has 0 fully saturated rings. The number of hydrogen-bond donors (Lipinski definition) is 3. The van der Waals surface area contributed by atoms with Crippen molar-refractivity contribution in [3.8, 4) is 0 Å². The maximum Gasteiger partial charge on any atom is 0.324 e. The van der Waals surface area contributed by atoms with E-state index < -0.39 is 0 Å². The van der Waals surface area contributed by atoms with E-state index in [9.17, 15) is 4.79 Å². The summed E-state index contributed by atoms with van der Waals surface area (Å²) in [5.41, 5.74) is 1.62. The first-order chi connectivity index (χ1) is 12.4. The van der Waals surface area contributed by atoms with Crippen LogP contribution in [0, 0.1) is 0 Å². The monoisotopic (exact) mass is 367 g/mol. The van der Waals surface area contributed by atoms with E-state index in [1.54, 1.807) is 24.2 Å². The molecule has 2 amide bonds. The number of aromatic amines is 1. The van der Waals surface area contributed by atoms with E-state index in [1.807, 2.05) is 42.5 Å². The molecule has 1 aromatic carbocycles. The van der Waals surface area contributed by atoms with Crippen LogP contribution in [0.1, 0.15) is 26.5 Å². The second-order valence-electron chi connectivity index (χ2n) is 6.81. The number of urea groups is 1. The van der Waals surface area contributed by atoms with Gasteiger partial charge in [0.1, 0.15) is 0 Å². The Morgan fingerprint density at radius 2 is 1.81 bits per heavy atom. The van der Waals surface area contributed by atoms with Gasteiger partial charge in [0, 0.05) is 45.0 Å². The van der Waals surface area contributed by atoms with Crippen LogP contribution in [0.25, 0.3) is 0 Å². The van der Waals surface area contributed by atoms with Crippen molar-refractivity contribution in [2.24, 2.45) is 0 Å². The highest BCUT2D eigenvalue weighted by Crippen LogP contribution is 2.29. The van der Waals surface area contributed by atoms with Crippen molar-refractivity contribution < 1.29 is 4.79 Å². The number of carbonyl (C=O) groups excluding carboxylic acids is 1. The Balaban J connectivity index is 1.62. The number of nitrogens with zero attached hydrogens (tertiary/aromatic N) is 2. The van der Waals surface area contributed by atoms with E-state index in [1.165, 1.54) is 0 Å². The van der Waals surface area contributed by atoms with E-state index in [0.29, 0.717) is 11.5 Å². The summed E-state index contributed by atoms with van der Waals surface area (Å²) < 4.78 is 0. The lowest BCUT2D eigenvalue weighted by molar-refractivity contribution is 0.262. The molecule has 3 rings (SSSR count). The molecule has 3 N–H and O–H groups in total. The maximum atomic E-state index is 12.2. The van der Waals surface area contributed by atoms with Crippen molar-refractivity contribution in [1.82, 2.24) is 15.2 Å². The number of pyridine rings is 1. The molecule has 7 heteroatoms. The molecule has 2 aromatic heterocycles. The zero-order chi connectivity index (χ0) is 18.6. The lowest BCUT2D eigenvalue weighted by atomic mass is 9.92. The fraction of sp³-hybridized carbons (Fsp3) is 0.211. The second-order valence-corrected chi connectivity index (χ2v) is 7.96. The zero-order valence-electron chi connectivity index (χ0n) is 14.9. The van der Waals surface area contributed by atoms with Crippen molar-refractivity contribution in [3.05, 3.63) is 60.6 Å². The third-order valence-corrected chi connectivity index (χ3v) is 4.60. The Kier molecular flexibility index (Phi) is 5.27. The van der Waals surface area contributed by atoms with E-state index in [4.69, 9.17) is 0 Å². The Morgan fingerprint density at radius 1 is 1.04 bits per heavy atom. The minimum absolute atomic E-state index is 0.0537. The lowest BCUT2D eigenvalue weighted by Gasteiger charge is -2.14. The van der Waals surface area contributed by atoms with Crippen LogP contribution in [-0.4, -0.2) is 21.2 Å². The van der Waals surface area contributed by atoms with Gasteiger partial charge >= 0.3 is 6.03 Å². The molecule has 0 spiro atoms. The van der Waals surface area contributed by atoms with Gasteiger partial charge in [-0.3, -0.25) is 15.4 Å².